The summed E-state index contributed by atoms with van der Waals surface area (Å²) in [5.74, 6) is 1.46. The number of allylic oxidation sites excluding steroid dienone is 1. The highest BCUT2D eigenvalue weighted by atomic mass is 16.2. The number of amides is 1. The Morgan fingerprint density at radius 3 is 2.90 bits per heavy atom. The van der Waals surface area contributed by atoms with Crippen LogP contribution < -0.4 is 5.32 Å². The molecule has 0 bridgehead atoms. The third-order valence-electron chi connectivity index (χ3n) is 3.76. The summed E-state index contributed by atoms with van der Waals surface area (Å²) < 4.78 is 2.20. The lowest BCUT2D eigenvalue weighted by Crippen LogP contribution is -2.27. The van der Waals surface area contributed by atoms with Crippen molar-refractivity contribution >= 4 is 16.9 Å². The summed E-state index contributed by atoms with van der Waals surface area (Å²) >= 11 is 0. The van der Waals surface area contributed by atoms with Crippen molar-refractivity contribution in [2.45, 2.75) is 32.7 Å². The van der Waals surface area contributed by atoms with Gasteiger partial charge in [-0.05, 0) is 31.9 Å². The fourth-order valence-electron chi connectivity index (χ4n) is 2.55. The van der Waals surface area contributed by atoms with Gasteiger partial charge in [0.25, 0.3) is 0 Å². The number of para-hydroxylation sites is 2. The van der Waals surface area contributed by atoms with Gasteiger partial charge in [0.05, 0.1) is 11.0 Å². The minimum absolute atomic E-state index is 0.192. The third kappa shape index (κ3) is 3.15. The van der Waals surface area contributed by atoms with Gasteiger partial charge in [-0.3, -0.25) is 4.79 Å². The van der Waals surface area contributed by atoms with Gasteiger partial charge in [0.1, 0.15) is 5.82 Å². The monoisotopic (exact) mass is 283 g/mol. The maximum atomic E-state index is 11.7. The molecule has 0 spiro atoms. The number of carbonyl (C=O) groups is 1. The van der Waals surface area contributed by atoms with Crippen LogP contribution >= 0.6 is 0 Å². The van der Waals surface area contributed by atoms with Crippen molar-refractivity contribution in [1.29, 1.82) is 0 Å². The van der Waals surface area contributed by atoms with Crippen LogP contribution in [0, 0.1) is 5.92 Å². The summed E-state index contributed by atoms with van der Waals surface area (Å²) in [7, 11) is 0. The van der Waals surface area contributed by atoms with Crippen molar-refractivity contribution in [3.8, 4) is 0 Å². The molecule has 0 atom stereocenters. The van der Waals surface area contributed by atoms with Crippen molar-refractivity contribution in [3.05, 3.63) is 42.2 Å². The topological polar surface area (TPSA) is 46.9 Å². The molecule has 1 N–H and O–H groups in total. The second kappa shape index (κ2) is 5.72. The van der Waals surface area contributed by atoms with Crippen LogP contribution in [0.4, 0.5) is 0 Å². The van der Waals surface area contributed by atoms with E-state index in [1.54, 1.807) is 0 Å². The molecule has 1 amide bonds. The van der Waals surface area contributed by atoms with Gasteiger partial charge in [-0.2, -0.15) is 0 Å². The molecule has 0 radical (unpaired) electrons. The SMILES string of the molecule is C=C(C)Cn1c(CCNC(=O)C2CC2)nc2ccccc21. The van der Waals surface area contributed by atoms with Gasteiger partial charge in [-0.25, -0.2) is 4.98 Å². The first-order valence-corrected chi connectivity index (χ1v) is 7.51. The standard InChI is InChI=1S/C17H21N3O/c1-12(2)11-20-15-6-4-3-5-14(15)19-16(20)9-10-18-17(21)13-7-8-13/h3-6,13H,1,7-11H2,2H3,(H,18,21). The van der Waals surface area contributed by atoms with E-state index in [-0.39, 0.29) is 11.8 Å². The number of imidazole rings is 1. The molecule has 1 aromatic carbocycles. The number of rotatable bonds is 6. The molecule has 2 aromatic rings. The minimum Gasteiger partial charge on any atom is -0.355 e. The summed E-state index contributed by atoms with van der Waals surface area (Å²) in [5, 5.41) is 3.00. The van der Waals surface area contributed by atoms with E-state index < -0.39 is 0 Å². The van der Waals surface area contributed by atoms with Crippen molar-refractivity contribution in [2.75, 3.05) is 6.54 Å². The summed E-state index contributed by atoms with van der Waals surface area (Å²) in [5.41, 5.74) is 3.23. The van der Waals surface area contributed by atoms with Gasteiger partial charge >= 0.3 is 0 Å². The molecular weight excluding hydrogens is 262 g/mol. The Morgan fingerprint density at radius 2 is 2.19 bits per heavy atom. The number of aromatic nitrogens is 2. The summed E-state index contributed by atoms with van der Waals surface area (Å²) in [6.07, 6.45) is 2.83. The molecule has 21 heavy (non-hydrogen) atoms. The van der Waals surface area contributed by atoms with Crippen molar-refractivity contribution in [3.63, 3.8) is 0 Å². The summed E-state index contributed by atoms with van der Waals surface area (Å²) in [4.78, 5) is 16.4. The Hall–Kier alpha value is -2.10. The van der Waals surface area contributed by atoms with E-state index in [4.69, 9.17) is 4.98 Å². The maximum Gasteiger partial charge on any atom is 0.223 e. The van der Waals surface area contributed by atoms with Gasteiger partial charge in [0, 0.05) is 25.4 Å². The predicted molar refractivity (Wildman–Crippen MR) is 84.0 cm³/mol. The largest absolute Gasteiger partial charge is 0.355 e. The second-order valence-electron chi connectivity index (χ2n) is 5.88. The lowest BCUT2D eigenvalue weighted by atomic mass is 10.3. The molecule has 110 valence electrons. The Kier molecular flexibility index (Phi) is 3.78. The van der Waals surface area contributed by atoms with E-state index in [1.807, 2.05) is 25.1 Å². The Balaban J connectivity index is 1.76. The van der Waals surface area contributed by atoms with Crippen LogP contribution in [-0.4, -0.2) is 22.0 Å². The molecule has 0 unspecified atom stereocenters. The Bertz CT molecular complexity index is 682. The van der Waals surface area contributed by atoms with Gasteiger partial charge in [-0.1, -0.05) is 24.3 Å². The fourth-order valence-corrected chi connectivity index (χ4v) is 2.55. The molecule has 1 fully saturated rings. The van der Waals surface area contributed by atoms with Crippen molar-refractivity contribution < 1.29 is 4.79 Å². The zero-order chi connectivity index (χ0) is 14.8. The highest BCUT2D eigenvalue weighted by Crippen LogP contribution is 2.28. The molecule has 1 aromatic heterocycles. The van der Waals surface area contributed by atoms with Crippen LogP contribution in [-0.2, 0) is 17.8 Å². The fraction of sp³-hybridized carbons (Fsp3) is 0.412. The number of nitrogens with one attached hydrogen (secondary N) is 1. The summed E-state index contributed by atoms with van der Waals surface area (Å²) in [6, 6.07) is 8.13. The van der Waals surface area contributed by atoms with E-state index in [1.165, 1.54) is 0 Å². The van der Waals surface area contributed by atoms with Crippen LogP contribution in [0.2, 0.25) is 0 Å². The Labute approximate surface area is 124 Å². The molecular formula is C17H21N3O. The number of benzene rings is 1. The normalized spacial score (nSPS) is 14.3. The highest BCUT2D eigenvalue weighted by Gasteiger charge is 2.29. The number of fused-ring (bicyclic) bond motifs is 1. The van der Waals surface area contributed by atoms with E-state index in [9.17, 15) is 4.79 Å². The highest BCUT2D eigenvalue weighted by molar-refractivity contribution is 5.80. The lowest BCUT2D eigenvalue weighted by molar-refractivity contribution is -0.122. The van der Waals surface area contributed by atoms with E-state index >= 15 is 0 Å². The lowest BCUT2D eigenvalue weighted by Gasteiger charge is -2.09. The number of nitrogens with zero attached hydrogens (tertiary/aromatic N) is 2. The third-order valence-corrected chi connectivity index (χ3v) is 3.76. The smallest absolute Gasteiger partial charge is 0.223 e. The number of hydrogen-bond acceptors (Lipinski definition) is 2. The molecule has 1 saturated carbocycles. The average molecular weight is 283 g/mol. The molecule has 1 aliphatic rings. The van der Waals surface area contributed by atoms with Gasteiger partial charge in [-0.15, -0.1) is 0 Å². The van der Waals surface area contributed by atoms with E-state index in [2.05, 4.69) is 22.5 Å². The molecule has 3 rings (SSSR count). The van der Waals surface area contributed by atoms with Gasteiger partial charge in [0.15, 0.2) is 0 Å². The molecule has 4 heteroatoms. The van der Waals surface area contributed by atoms with E-state index in [0.29, 0.717) is 6.54 Å². The zero-order valence-corrected chi connectivity index (χ0v) is 12.4. The van der Waals surface area contributed by atoms with Crippen LogP contribution in [0.15, 0.2) is 36.4 Å². The molecule has 1 aliphatic carbocycles. The minimum atomic E-state index is 0.192. The first kappa shape index (κ1) is 13.9. The number of carbonyl (C=O) groups excluding carboxylic acids is 1. The van der Waals surface area contributed by atoms with Gasteiger partial charge in [0.2, 0.25) is 5.91 Å². The van der Waals surface area contributed by atoms with Gasteiger partial charge < -0.3 is 9.88 Å². The van der Waals surface area contributed by atoms with E-state index in [0.717, 1.165) is 48.2 Å². The predicted octanol–water partition coefficient (Wildman–Crippen LogP) is 2.68. The molecule has 4 nitrogen and oxygen atoms in total. The summed E-state index contributed by atoms with van der Waals surface area (Å²) in [6.45, 7) is 7.44. The first-order valence-electron chi connectivity index (χ1n) is 7.51. The van der Waals surface area contributed by atoms with Crippen molar-refractivity contribution in [1.82, 2.24) is 14.9 Å². The second-order valence-corrected chi connectivity index (χ2v) is 5.88. The first-order chi connectivity index (χ1) is 10.1. The molecule has 0 saturated heterocycles. The Morgan fingerprint density at radius 1 is 1.43 bits per heavy atom. The van der Waals surface area contributed by atoms with Crippen LogP contribution in [0.1, 0.15) is 25.6 Å². The van der Waals surface area contributed by atoms with Crippen LogP contribution in [0.25, 0.3) is 11.0 Å². The maximum absolute atomic E-state index is 11.7. The van der Waals surface area contributed by atoms with Crippen molar-refractivity contribution in [2.24, 2.45) is 5.92 Å². The molecule has 1 heterocycles. The molecule has 0 aliphatic heterocycles. The average Bonchev–Trinajstić information content (AvgIpc) is 3.24. The van der Waals surface area contributed by atoms with Crippen LogP contribution in [0.3, 0.4) is 0 Å². The number of hydrogen-bond donors (Lipinski definition) is 1. The van der Waals surface area contributed by atoms with Crippen LogP contribution in [0.5, 0.6) is 0 Å². The zero-order valence-electron chi connectivity index (χ0n) is 12.4. The quantitative estimate of drug-likeness (QED) is 0.829.